The van der Waals surface area contributed by atoms with Crippen LogP contribution >= 0.6 is 47.2 Å². The molecule has 158 valence electrons. The maximum absolute atomic E-state index is 12.0. The Morgan fingerprint density at radius 1 is 1.03 bits per heavy atom. The number of nitrogens with one attached hydrogen (secondary N) is 3. The molecular formula is C21H21Cl2IN4O2. The third kappa shape index (κ3) is 6.93. The van der Waals surface area contributed by atoms with Crippen molar-refractivity contribution in [2.45, 2.75) is 13.1 Å². The number of amides is 1. The average Bonchev–Trinajstić information content (AvgIpc) is 3.25. The highest BCUT2D eigenvalue weighted by atomic mass is 127. The summed E-state index contributed by atoms with van der Waals surface area (Å²) in [7, 11) is 1.70. The molecular weight excluding hydrogens is 538 g/mol. The molecule has 1 amide bonds. The SMILES string of the molecule is CN=C(NCc1ccc(NC(=O)c2ccco2)cc1)NCc1ccc(Cl)cc1Cl.I. The number of aliphatic imine (C=N–C) groups is 1. The molecule has 0 saturated heterocycles. The number of hydrogen-bond donors (Lipinski definition) is 3. The normalized spacial score (nSPS) is 10.8. The van der Waals surface area contributed by atoms with Gasteiger partial charge in [0.15, 0.2) is 11.7 Å². The first-order chi connectivity index (χ1) is 14.0. The fourth-order valence-electron chi connectivity index (χ4n) is 2.56. The molecule has 0 saturated carbocycles. The van der Waals surface area contributed by atoms with Crippen LogP contribution in [0.5, 0.6) is 0 Å². The second-order valence-electron chi connectivity index (χ2n) is 6.14. The molecule has 0 atom stereocenters. The fourth-order valence-corrected chi connectivity index (χ4v) is 3.03. The van der Waals surface area contributed by atoms with Crippen molar-refractivity contribution in [3.05, 3.63) is 87.8 Å². The van der Waals surface area contributed by atoms with Gasteiger partial charge in [-0.3, -0.25) is 9.79 Å². The van der Waals surface area contributed by atoms with E-state index in [1.54, 1.807) is 31.3 Å². The van der Waals surface area contributed by atoms with Gasteiger partial charge in [-0.2, -0.15) is 0 Å². The summed E-state index contributed by atoms with van der Waals surface area (Å²) in [6, 6.07) is 16.2. The first-order valence-corrected chi connectivity index (χ1v) is 9.63. The summed E-state index contributed by atoms with van der Waals surface area (Å²) in [6.45, 7) is 1.09. The Bertz CT molecular complexity index is 993. The highest BCUT2D eigenvalue weighted by Crippen LogP contribution is 2.20. The Morgan fingerprint density at radius 2 is 1.77 bits per heavy atom. The molecule has 0 aliphatic heterocycles. The van der Waals surface area contributed by atoms with Gasteiger partial charge >= 0.3 is 0 Å². The number of carbonyl (C=O) groups is 1. The van der Waals surface area contributed by atoms with E-state index in [2.05, 4.69) is 20.9 Å². The highest BCUT2D eigenvalue weighted by molar-refractivity contribution is 14.0. The summed E-state index contributed by atoms with van der Waals surface area (Å²) in [5.74, 6) is 0.629. The zero-order valence-electron chi connectivity index (χ0n) is 16.1. The van der Waals surface area contributed by atoms with Gasteiger partial charge in [0.05, 0.1) is 6.26 Å². The lowest BCUT2D eigenvalue weighted by molar-refractivity contribution is 0.0996. The van der Waals surface area contributed by atoms with E-state index in [-0.39, 0.29) is 35.6 Å². The van der Waals surface area contributed by atoms with E-state index in [4.69, 9.17) is 27.6 Å². The van der Waals surface area contributed by atoms with E-state index < -0.39 is 0 Å². The largest absolute Gasteiger partial charge is 0.459 e. The van der Waals surface area contributed by atoms with E-state index in [0.29, 0.717) is 34.8 Å². The van der Waals surface area contributed by atoms with Gasteiger partial charge in [-0.1, -0.05) is 41.4 Å². The Morgan fingerprint density at radius 3 is 2.40 bits per heavy atom. The van der Waals surface area contributed by atoms with Gasteiger partial charge in [0.1, 0.15) is 0 Å². The van der Waals surface area contributed by atoms with E-state index in [0.717, 1.165) is 11.1 Å². The van der Waals surface area contributed by atoms with Gasteiger partial charge in [-0.15, -0.1) is 24.0 Å². The van der Waals surface area contributed by atoms with Crippen LogP contribution in [0.2, 0.25) is 10.0 Å². The Kier molecular flexibility index (Phi) is 9.48. The first-order valence-electron chi connectivity index (χ1n) is 8.87. The maximum Gasteiger partial charge on any atom is 0.291 e. The van der Waals surface area contributed by atoms with E-state index >= 15 is 0 Å². The number of furan rings is 1. The predicted molar refractivity (Wildman–Crippen MR) is 132 cm³/mol. The molecule has 3 N–H and O–H groups in total. The van der Waals surface area contributed by atoms with Gasteiger partial charge in [0.2, 0.25) is 0 Å². The number of rotatable bonds is 6. The van der Waals surface area contributed by atoms with Crippen LogP contribution in [-0.2, 0) is 13.1 Å². The molecule has 3 aromatic rings. The van der Waals surface area contributed by atoms with Gasteiger partial charge in [-0.05, 0) is 47.5 Å². The molecule has 0 fully saturated rings. The van der Waals surface area contributed by atoms with Crippen LogP contribution in [0.3, 0.4) is 0 Å². The summed E-state index contributed by atoms with van der Waals surface area (Å²) in [5.41, 5.74) is 2.65. The molecule has 2 aromatic carbocycles. The van der Waals surface area contributed by atoms with Crippen LogP contribution in [0.15, 0.2) is 70.3 Å². The number of halogens is 3. The Hall–Kier alpha value is -2.23. The Balaban J connectivity index is 0.00000320. The summed E-state index contributed by atoms with van der Waals surface area (Å²) in [6.07, 6.45) is 1.46. The molecule has 0 aliphatic rings. The zero-order chi connectivity index (χ0) is 20.6. The number of anilines is 1. The van der Waals surface area contributed by atoms with Crippen molar-refractivity contribution < 1.29 is 9.21 Å². The third-order valence-corrected chi connectivity index (χ3v) is 4.69. The van der Waals surface area contributed by atoms with Crippen LogP contribution < -0.4 is 16.0 Å². The lowest BCUT2D eigenvalue weighted by Gasteiger charge is -2.13. The fraction of sp³-hybridized carbons (Fsp3) is 0.143. The van der Waals surface area contributed by atoms with Crippen LogP contribution in [0.1, 0.15) is 21.7 Å². The topological polar surface area (TPSA) is 78.7 Å². The van der Waals surface area contributed by atoms with Crippen molar-refractivity contribution in [2.75, 3.05) is 12.4 Å². The number of benzene rings is 2. The smallest absolute Gasteiger partial charge is 0.291 e. The van der Waals surface area contributed by atoms with E-state index in [1.807, 2.05) is 30.3 Å². The van der Waals surface area contributed by atoms with E-state index in [9.17, 15) is 4.79 Å². The lowest BCUT2D eigenvalue weighted by atomic mass is 10.2. The lowest BCUT2D eigenvalue weighted by Crippen LogP contribution is -2.36. The van der Waals surface area contributed by atoms with Gasteiger partial charge < -0.3 is 20.4 Å². The Labute approximate surface area is 202 Å². The van der Waals surface area contributed by atoms with Crippen molar-refractivity contribution in [3.8, 4) is 0 Å². The maximum atomic E-state index is 12.0. The predicted octanol–water partition coefficient (Wildman–Crippen LogP) is 5.32. The molecule has 3 rings (SSSR count). The molecule has 0 spiro atoms. The second kappa shape index (κ2) is 11.8. The van der Waals surface area contributed by atoms with Crippen molar-refractivity contribution in [3.63, 3.8) is 0 Å². The molecule has 0 unspecified atom stereocenters. The summed E-state index contributed by atoms with van der Waals surface area (Å²) >= 11 is 12.1. The standard InChI is InChI=1S/C21H20Cl2N4O2.HI/c1-24-21(26-13-15-6-7-16(22)11-18(15)23)25-12-14-4-8-17(9-5-14)27-20(28)19-3-2-10-29-19;/h2-11H,12-13H2,1H3,(H,27,28)(H2,24,25,26);1H. The number of carbonyl (C=O) groups excluding carboxylic acids is 1. The molecule has 0 radical (unpaired) electrons. The first kappa shape index (κ1) is 24.0. The van der Waals surface area contributed by atoms with Gasteiger partial charge in [0, 0.05) is 35.9 Å². The number of hydrogen-bond acceptors (Lipinski definition) is 3. The number of nitrogens with zero attached hydrogens (tertiary/aromatic N) is 1. The van der Waals surface area contributed by atoms with Crippen LogP contribution in [0.4, 0.5) is 5.69 Å². The molecule has 30 heavy (non-hydrogen) atoms. The molecule has 1 heterocycles. The number of guanidine groups is 1. The monoisotopic (exact) mass is 558 g/mol. The van der Waals surface area contributed by atoms with Crippen molar-refractivity contribution in [1.29, 1.82) is 0 Å². The molecule has 0 bridgehead atoms. The third-order valence-electron chi connectivity index (χ3n) is 4.10. The van der Waals surface area contributed by atoms with Gasteiger partial charge in [0.25, 0.3) is 5.91 Å². The quantitative estimate of drug-likeness (QED) is 0.217. The minimum atomic E-state index is -0.286. The highest BCUT2D eigenvalue weighted by Gasteiger charge is 2.08. The summed E-state index contributed by atoms with van der Waals surface area (Å²) < 4.78 is 5.08. The molecule has 6 nitrogen and oxygen atoms in total. The summed E-state index contributed by atoms with van der Waals surface area (Å²) in [4.78, 5) is 16.2. The van der Waals surface area contributed by atoms with Gasteiger partial charge in [-0.25, -0.2) is 0 Å². The van der Waals surface area contributed by atoms with Crippen molar-refractivity contribution >= 4 is 64.7 Å². The van der Waals surface area contributed by atoms with Crippen molar-refractivity contribution in [1.82, 2.24) is 10.6 Å². The van der Waals surface area contributed by atoms with E-state index in [1.165, 1.54) is 6.26 Å². The summed E-state index contributed by atoms with van der Waals surface area (Å²) in [5, 5.41) is 10.4. The average molecular weight is 559 g/mol. The molecule has 1 aromatic heterocycles. The van der Waals surface area contributed by atoms with Crippen molar-refractivity contribution in [2.24, 2.45) is 4.99 Å². The van der Waals surface area contributed by atoms with Crippen LogP contribution in [-0.4, -0.2) is 18.9 Å². The minimum absolute atomic E-state index is 0. The molecule has 9 heteroatoms. The second-order valence-corrected chi connectivity index (χ2v) is 6.99. The zero-order valence-corrected chi connectivity index (χ0v) is 20.0. The molecule has 0 aliphatic carbocycles. The van der Waals surface area contributed by atoms with Crippen LogP contribution in [0.25, 0.3) is 0 Å². The van der Waals surface area contributed by atoms with Crippen LogP contribution in [0, 0.1) is 0 Å². The minimum Gasteiger partial charge on any atom is -0.459 e.